The number of fused-ring (bicyclic) bond motifs is 1. The molecule has 6 rings (SSSR count). The molecule has 2 aliphatic heterocycles. The zero-order chi connectivity index (χ0) is 36.4. The van der Waals surface area contributed by atoms with Crippen LogP contribution in [-0.4, -0.2) is 52.6 Å². The zero-order valence-corrected chi connectivity index (χ0v) is 28.5. The largest absolute Gasteiger partial charge is 0.478 e. The number of halogens is 2. The highest BCUT2D eigenvalue weighted by Crippen LogP contribution is 2.44. The van der Waals surface area contributed by atoms with Crippen molar-refractivity contribution in [2.75, 3.05) is 17.4 Å². The molecule has 2 aliphatic rings. The quantitative estimate of drug-likeness (QED) is 0.150. The van der Waals surface area contributed by atoms with Crippen molar-refractivity contribution in [2.24, 2.45) is 5.10 Å². The number of carboxylic acid groups (broad SMARTS) is 1. The fourth-order valence-corrected chi connectivity index (χ4v) is 6.52. The smallest absolute Gasteiger partial charge is 0.335 e. The molecule has 4 aromatic rings. The molecule has 12 nitrogen and oxygen atoms in total. The van der Waals surface area contributed by atoms with Crippen LogP contribution in [0, 0.1) is 5.82 Å². The summed E-state index contributed by atoms with van der Waals surface area (Å²) < 4.78 is 15.4. The second-order valence-electron chi connectivity index (χ2n) is 12.5. The van der Waals surface area contributed by atoms with Crippen LogP contribution in [0.5, 0.6) is 0 Å². The molecule has 5 N–H and O–H groups in total. The van der Waals surface area contributed by atoms with E-state index in [9.17, 15) is 24.3 Å². The Kier molecular flexibility index (Phi) is 9.59. The number of nitrogens with zero attached hydrogens (tertiary/aromatic N) is 3. The third-order valence-corrected chi connectivity index (χ3v) is 9.06. The first-order valence-corrected chi connectivity index (χ1v) is 16.2. The van der Waals surface area contributed by atoms with E-state index < -0.39 is 35.2 Å². The molecule has 51 heavy (non-hydrogen) atoms. The normalized spacial score (nSPS) is 16.1. The monoisotopic (exact) mass is 709 g/mol. The fourth-order valence-electron chi connectivity index (χ4n) is 6.35. The molecular weight excluding hydrogens is 677 g/mol. The number of carboxylic acids is 1. The SMILES string of the molecule is CNC(=O)c1ccc(-c2cccc3c2CC(C)(C)N(C(=O)/C=C/c2c(N4C=NNN4)ccc(Cl)c2F)[C@H]3C(=O)Nc2ccc(C(=O)O)cc2)cc1. The number of nitrogens with one attached hydrogen (secondary N) is 4. The molecule has 0 aromatic heterocycles. The summed E-state index contributed by atoms with van der Waals surface area (Å²) in [6.45, 7) is 3.69. The van der Waals surface area contributed by atoms with E-state index in [1.165, 1.54) is 58.7 Å². The summed E-state index contributed by atoms with van der Waals surface area (Å²) in [5.41, 5.74) is 8.57. The minimum absolute atomic E-state index is 0.00993. The highest BCUT2D eigenvalue weighted by molar-refractivity contribution is 6.31. The first-order valence-electron chi connectivity index (χ1n) is 15.8. The molecule has 0 bridgehead atoms. The molecule has 0 fully saturated rings. The molecule has 260 valence electrons. The minimum atomic E-state index is -1.16. The van der Waals surface area contributed by atoms with Crippen molar-refractivity contribution in [3.05, 3.63) is 124 Å². The summed E-state index contributed by atoms with van der Waals surface area (Å²) in [6, 6.07) is 20.1. The van der Waals surface area contributed by atoms with Gasteiger partial charge in [0.1, 0.15) is 12.4 Å². The van der Waals surface area contributed by atoms with Crippen LogP contribution in [0.1, 0.15) is 57.3 Å². The number of rotatable bonds is 8. The van der Waals surface area contributed by atoms with Crippen molar-refractivity contribution >= 4 is 59.1 Å². The Balaban J connectivity index is 1.43. The zero-order valence-electron chi connectivity index (χ0n) is 27.7. The molecule has 0 aliphatic carbocycles. The van der Waals surface area contributed by atoms with E-state index in [1.807, 2.05) is 32.0 Å². The van der Waals surface area contributed by atoms with Gasteiger partial charge in [0, 0.05) is 35.5 Å². The van der Waals surface area contributed by atoms with Gasteiger partial charge in [-0.05, 0) is 97.1 Å². The number of benzene rings is 4. The number of anilines is 2. The number of hydrazone groups is 1. The standard InChI is InChI=1S/C37H33ClFN7O5/c1-37(2)19-28-25(21-7-9-22(10-8-21)34(48)40-3)5-4-6-26(28)33(35(49)42-24-13-11-23(12-14-24)36(50)51)46(37)31(47)18-15-27-30(45-20-41-43-44-45)17-16-29(38)32(27)39/h4-18,20,33,43-44H,19H2,1-3H3,(H,40,48)(H,42,49)(H,50,51)/b18-15+/t33-/m1/s1. The number of carbonyl (C=O) groups excluding carboxylic acids is 3. The van der Waals surface area contributed by atoms with Gasteiger partial charge in [-0.25, -0.2) is 19.7 Å². The Bertz CT molecular complexity index is 2100. The summed E-state index contributed by atoms with van der Waals surface area (Å²) in [7, 11) is 1.56. The number of aromatic carboxylic acids is 1. The molecule has 14 heteroatoms. The van der Waals surface area contributed by atoms with Crippen molar-refractivity contribution in [1.82, 2.24) is 21.3 Å². The maximum Gasteiger partial charge on any atom is 0.335 e. The first kappa shape index (κ1) is 34.8. The lowest BCUT2D eigenvalue weighted by molar-refractivity contribution is -0.142. The Labute approximate surface area is 297 Å². The molecule has 0 radical (unpaired) electrons. The molecule has 0 unspecified atom stereocenters. The van der Waals surface area contributed by atoms with Gasteiger partial charge in [-0.1, -0.05) is 41.9 Å². The van der Waals surface area contributed by atoms with Crippen LogP contribution < -0.4 is 26.7 Å². The molecular formula is C37H33ClFN7O5. The van der Waals surface area contributed by atoms with Crippen LogP contribution in [-0.2, 0) is 16.0 Å². The van der Waals surface area contributed by atoms with Gasteiger partial charge < -0.3 is 20.6 Å². The van der Waals surface area contributed by atoms with Gasteiger partial charge in [-0.2, -0.15) is 5.10 Å². The topological polar surface area (TPSA) is 155 Å². The van der Waals surface area contributed by atoms with E-state index in [0.717, 1.165) is 16.7 Å². The number of hydrogen-bond donors (Lipinski definition) is 5. The number of hydrogen-bond acceptors (Lipinski definition) is 8. The summed E-state index contributed by atoms with van der Waals surface area (Å²) in [4.78, 5) is 53.8. The first-order chi connectivity index (χ1) is 24.4. The van der Waals surface area contributed by atoms with Gasteiger partial charge in [0.05, 0.1) is 16.3 Å². The Morgan fingerprint density at radius 1 is 1.00 bits per heavy atom. The highest BCUT2D eigenvalue weighted by Gasteiger charge is 2.46. The number of carbonyl (C=O) groups is 4. The third kappa shape index (κ3) is 6.89. The lowest BCUT2D eigenvalue weighted by atomic mass is 9.77. The summed E-state index contributed by atoms with van der Waals surface area (Å²) in [5, 5.41) is 19.9. The van der Waals surface area contributed by atoms with Crippen LogP contribution in [0.2, 0.25) is 5.02 Å². The van der Waals surface area contributed by atoms with Crippen LogP contribution >= 0.6 is 11.6 Å². The van der Waals surface area contributed by atoms with Crippen molar-refractivity contribution in [1.29, 1.82) is 0 Å². The van der Waals surface area contributed by atoms with E-state index in [2.05, 4.69) is 26.8 Å². The summed E-state index contributed by atoms with van der Waals surface area (Å²) >= 11 is 6.13. The lowest BCUT2D eigenvalue weighted by Crippen LogP contribution is -2.56. The van der Waals surface area contributed by atoms with Crippen LogP contribution in [0.3, 0.4) is 0 Å². The Morgan fingerprint density at radius 3 is 2.35 bits per heavy atom. The van der Waals surface area contributed by atoms with E-state index in [1.54, 1.807) is 37.4 Å². The molecule has 4 aromatic carbocycles. The average Bonchev–Trinajstić information content (AvgIpc) is 3.66. The molecule has 0 saturated carbocycles. The van der Waals surface area contributed by atoms with Gasteiger partial charge >= 0.3 is 5.97 Å². The van der Waals surface area contributed by atoms with Crippen LogP contribution in [0.4, 0.5) is 15.8 Å². The average molecular weight is 710 g/mol. The predicted octanol–water partition coefficient (Wildman–Crippen LogP) is 5.53. The second kappa shape index (κ2) is 14.1. The molecule has 3 amide bonds. The van der Waals surface area contributed by atoms with Crippen LogP contribution in [0.25, 0.3) is 17.2 Å². The van der Waals surface area contributed by atoms with E-state index in [-0.39, 0.29) is 22.1 Å². The van der Waals surface area contributed by atoms with Crippen molar-refractivity contribution in [2.45, 2.75) is 31.8 Å². The Morgan fingerprint density at radius 2 is 1.71 bits per heavy atom. The molecule has 0 saturated heterocycles. The van der Waals surface area contributed by atoms with Gasteiger partial charge in [0.15, 0.2) is 5.82 Å². The van der Waals surface area contributed by atoms with E-state index in [0.29, 0.717) is 28.9 Å². The summed E-state index contributed by atoms with van der Waals surface area (Å²) in [5.74, 6) is -3.20. The van der Waals surface area contributed by atoms with Gasteiger partial charge in [-0.15, -0.1) is 5.53 Å². The molecule has 2 heterocycles. The van der Waals surface area contributed by atoms with Gasteiger partial charge in [0.25, 0.3) is 11.8 Å². The van der Waals surface area contributed by atoms with E-state index >= 15 is 4.39 Å². The van der Waals surface area contributed by atoms with Crippen molar-refractivity contribution in [3.63, 3.8) is 0 Å². The van der Waals surface area contributed by atoms with Crippen LogP contribution in [0.15, 0.2) is 90.0 Å². The summed E-state index contributed by atoms with van der Waals surface area (Å²) in [6.07, 6.45) is 4.25. The van der Waals surface area contributed by atoms with Gasteiger partial charge in [-0.3, -0.25) is 14.4 Å². The highest BCUT2D eigenvalue weighted by atomic mass is 35.5. The fraction of sp³-hybridized carbons (Fsp3) is 0.162. The number of amides is 3. The maximum atomic E-state index is 15.4. The molecule has 1 atom stereocenters. The second-order valence-corrected chi connectivity index (χ2v) is 12.9. The lowest BCUT2D eigenvalue weighted by Gasteiger charge is -2.48. The Hall–Kier alpha value is -6.05. The van der Waals surface area contributed by atoms with Gasteiger partial charge in [0.2, 0.25) is 5.91 Å². The minimum Gasteiger partial charge on any atom is -0.478 e. The van der Waals surface area contributed by atoms with Crippen molar-refractivity contribution in [3.8, 4) is 11.1 Å². The van der Waals surface area contributed by atoms with Crippen molar-refractivity contribution < 1.29 is 28.7 Å². The van der Waals surface area contributed by atoms with E-state index in [4.69, 9.17) is 11.6 Å². The predicted molar refractivity (Wildman–Crippen MR) is 192 cm³/mol. The molecule has 0 spiro atoms. The maximum absolute atomic E-state index is 15.4. The third-order valence-electron chi connectivity index (χ3n) is 8.77. The number of hydrazine groups is 2.